The van der Waals surface area contributed by atoms with Gasteiger partial charge >= 0.3 is 24.0 Å². The van der Waals surface area contributed by atoms with Crippen LogP contribution in [0.25, 0.3) is 0 Å². The Labute approximate surface area is 146 Å². The van der Waals surface area contributed by atoms with Gasteiger partial charge in [0.1, 0.15) is 0 Å². The smallest absolute Gasteiger partial charge is 0.435 e. The quantitative estimate of drug-likeness (QED) is 0.716. The number of alkyl halides is 7. The van der Waals surface area contributed by atoms with E-state index in [2.05, 4.69) is 0 Å². The molecule has 1 aromatic carbocycles. The minimum Gasteiger partial charge on any atom is -0.478 e. The summed E-state index contributed by atoms with van der Waals surface area (Å²) in [5.41, 5.74) is -8.96. The Morgan fingerprint density at radius 3 is 1.88 bits per heavy atom. The van der Waals surface area contributed by atoms with E-state index in [-0.39, 0.29) is 11.8 Å². The van der Waals surface area contributed by atoms with Gasteiger partial charge in [-0.25, -0.2) is 9.18 Å². The van der Waals surface area contributed by atoms with E-state index in [1.165, 1.54) is 13.8 Å². The maximum absolute atomic E-state index is 14.5. The van der Waals surface area contributed by atoms with Gasteiger partial charge in [-0.15, -0.1) is 0 Å². The van der Waals surface area contributed by atoms with Crippen molar-refractivity contribution in [1.29, 1.82) is 0 Å². The van der Waals surface area contributed by atoms with Crippen molar-refractivity contribution in [3.63, 3.8) is 0 Å². The Bertz CT molecular complexity index is 709. The molecule has 0 spiro atoms. The number of aromatic carboxylic acids is 1. The van der Waals surface area contributed by atoms with Crippen molar-refractivity contribution >= 4 is 16.8 Å². The lowest BCUT2D eigenvalue weighted by molar-refractivity contribution is -0.349. The largest absolute Gasteiger partial charge is 0.478 e. The summed E-state index contributed by atoms with van der Waals surface area (Å²) in [7, 11) is -2.48. The highest BCUT2D eigenvalue weighted by Crippen LogP contribution is 2.55. The summed E-state index contributed by atoms with van der Waals surface area (Å²) in [4.78, 5) is 10.0. The van der Waals surface area contributed by atoms with E-state index in [9.17, 15) is 39.7 Å². The topological polar surface area (TPSA) is 54.4 Å². The molecular formula is C15H15F7O3S. The van der Waals surface area contributed by atoms with E-state index < -0.39 is 62.3 Å². The molecule has 1 unspecified atom stereocenters. The molecule has 0 aromatic heterocycles. The minimum atomic E-state index is -6.39. The molecule has 1 N–H and O–H groups in total. The van der Waals surface area contributed by atoms with E-state index in [4.69, 9.17) is 5.11 Å². The fourth-order valence-corrected chi connectivity index (χ4v) is 4.02. The monoisotopic (exact) mass is 408 g/mol. The van der Waals surface area contributed by atoms with E-state index in [1.54, 1.807) is 0 Å². The van der Waals surface area contributed by atoms with Gasteiger partial charge in [-0.1, -0.05) is 19.9 Å². The zero-order valence-corrected chi connectivity index (χ0v) is 14.6. The third-order valence-electron chi connectivity index (χ3n) is 3.50. The van der Waals surface area contributed by atoms with Gasteiger partial charge in [0.15, 0.2) is 0 Å². The standard InChI is InChI=1S/C15H15F7O3S/c1-7(2)6-26(25)11-8(3)9(12(23)24)4-5-10(11)13(16,14(17,18)19)15(20,21)22/h4-5,7H,6H2,1-3H3,(H,23,24). The fourth-order valence-electron chi connectivity index (χ4n) is 2.34. The van der Waals surface area contributed by atoms with Crippen LogP contribution in [0.2, 0.25) is 0 Å². The zero-order chi connectivity index (χ0) is 20.7. The van der Waals surface area contributed by atoms with Crippen molar-refractivity contribution in [2.24, 2.45) is 5.92 Å². The number of hydrogen-bond donors (Lipinski definition) is 1. The van der Waals surface area contributed by atoms with Crippen LogP contribution in [-0.2, 0) is 16.5 Å². The highest BCUT2D eigenvalue weighted by molar-refractivity contribution is 7.85. The molecule has 0 aliphatic heterocycles. The molecule has 1 rings (SSSR count). The SMILES string of the molecule is Cc1c(C(=O)O)ccc(C(F)(C(F)(F)F)C(F)(F)F)c1S(=O)CC(C)C. The molecule has 1 aromatic rings. The van der Waals surface area contributed by atoms with Crippen LogP contribution in [0.1, 0.15) is 35.3 Å². The van der Waals surface area contributed by atoms with Gasteiger partial charge in [-0.2, -0.15) is 26.3 Å². The van der Waals surface area contributed by atoms with Gasteiger partial charge in [0.05, 0.1) is 16.4 Å². The van der Waals surface area contributed by atoms with Crippen LogP contribution >= 0.6 is 0 Å². The lowest BCUT2D eigenvalue weighted by atomic mass is 9.91. The third-order valence-corrected chi connectivity index (χ3v) is 5.45. The Morgan fingerprint density at radius 2 is 1.54 bits per heavy atom. The summed E-state index contributed by atoms with van der Waals surface area (Å²) < 4.78 is 105. The number of carbonyl (C=O) groups is 1. The second kappa shape index (κ2) is 7.16. The Kier molecular flexibility index (Phi) is 6.17. The highest BCUT2D eigenvalue weighted by atomic mass is 32.2. The zero-order valence-electron chi connectivity index (χ0n) is 13.8. The highest BCUT2D eigenvalue weighted by Gasteiger charge is 2.74. The number of benzene rings is 1. The number of halogens is 7. The second-order valence-electron chi connectivity index (χ2n) is 5.98. The van der Waals surface area contributed by atoms with Crippen molar-refractivity contribution in [1.82, 2.24) is 0 Å². The molecule has 11 heteroatoms. The second-order valence-corrected chi connectivity index (χ2v) is 7.41. The van der Waals surface area contributed by atoms with Crippen LogP contribution in [0.5, 0.6) is 0 Å². The molecule has 3 nitrogen and oxygen atoms in total. The average molecular weight is 408 g/mol. The Morgan fingerprint density at radius 1 is 1.08 bits per heavy atom. The number of rotatable bonds is 5. The molecule has 148 valence electrons. The first-order chi connectivity index (χ1) is 11.6. The molecule has 0 aliphatic rings. The van der Waals surface area contributed by atoms with Crippen LogP contribution < -0.4 is 0 Å². The van der Waals surface area contributed by atoms with E-state index in [0.717, 1.165) is 6.92 Å². The predicted molar refractivity (Wildman–Crippen MR) is 79.1 cm³/mol. The van der Waals surface area contributed by atoms with Crippen molar-refractivity contribution in [2.45, 2.75) is 43.7 Å². The molecule has 0 saturated carbocycles. The molecule has 0 heterocycles. The summed E-state index contributed by atoms with van der Waals surface area (Å²) in [5, 5.41) is 9.03. The normalized spacial score (nSPS) is 14.6. The molecule has 0 saturated heterocycles. The number of hydrogen-bond acceptors (Lipinski definition) is 2. The van der Waals surface area contributed by atoms with Crippen LogP contribution in [0.15, 0.2) is 17.0 Å². The minimum absolute atomic E-state index is 0.0883. The molecule has 0 fully saturated rings. The van der Waals surface area contributed by atoms with E-state index >= 15 is 0 Å². The van der Waals surface area contributed by atoms with Gasteiger partial charge in [0.25, 0.3) is 0 Å². The molecule has 0 bridgehead atoms. The molecule has 0 amide bonds. The first-order valence-corrected chi connectivity index (χ1v) is 8.45. The van der Waals surface area contributed by atoms with Gasteiger partial charge in [-0.3, -0.25) is 4.21 Å². The van der Waals surface area contributed by atoms with E-state index in [1.807, 2.05) is 0 Å². The first-order valence-electron chi connectivity index (χ1n) is 7.13. The van der Waals surface area contributed by atoms with Crippen LogP contribution in [0.4, 0.5) is 30.7 Å². The summed E-state index contributed by atoms with van der Waals surface area (Å²) in [6, 6.07) is 0.528. The molecular weight excluding hydrogens is 393 g/mol. The summed E-state index contributed by atoms with van der Waals surface area (Å²) in [5.74, 6) is -2.44. The van der Waals surface area contributed by atoms with Crippen LogP contribution in [-0.4, -0.2) is 33.4 Å². The maximum atomic E-state index is 14.5. The average Bonchev–Trinajstić information content (AvgIpc) is 2.41. The van der Waals surface area contributed by atoms with Gasteiger partial charge in [0.2, 0.25) is 0 Å². The predicted octanol–water partition coefficient (Wildman–Crippen LogP) is 4.75. The summed E-state index contributed by atoms with van der Waals surface area (Å²) in [6.45, 7) is 3.90. The third kappa shape index (κ3) is 3.86. The molecule has 1 atom stereocenters. The van der Waals surface area contributed by atoms with Crippen molar-refractivity contribution in [2.75, 3.05) is 5.75 Å². The lowest BCUT2D eigenvalue weighted by Crippen LogP contribution is -2.51. The van der Waals surface area contributed by atoms with Crippen molar-refractivity contribution < 1.29 is 44.8 Å². The van der Waals surface area contributed by atoms with Crippen molar-refractivity contribution in [3.8, 4) is 0 Å². The Hall–Kier alpha value is -1.65. The van der Waals surface area contributed by atoms with Crippen molar-refractivity contribution in [3.05, 3.63) is 28.8 Å². The van der Waals surface area contributed by atoms with Gasteiger partial charge in [0, 0.05) is 16.2 Å². The van der Waals surface area contributed by atoms with Crippen LogP contribution in [0.3, 0.4) is 0 Å². The Balaban J connectivity index is 3.94. The molecule has 0 radical (unpaired) electrons. The van der Waals surface area contributed by atoms with Gasteiger partial charge in [-0.05, 0) is 24.5 Å². The maximum Gasteiger partial charge on any atom is 0.435 e. The first kappa shape index (κ1) is 22.4. The summed E-state index contributed by atoms with van der Waals surface area (Å²) in [6.07, 6.45) is -12.8. The molecule has 0 aliphatic carbocycles. The number of carboxylic acid groups (broad SMARTS) is 1. The molecule has 26 heavy (non-hydrogen) atoms. The lowest BCUT2D eigenvalue weighted by Gasteiger charge is -2.32. The summed E-state index contributed by atoms with van der Waals surface area (Å²) >= 11 is 0. The van der Waals surface area contributed by atoms with Crippen LogP contribution in [0, 0.1) is 12.8 Å². The number of carboxylic acids is 1. The van der Waals surface area contributed by atoms with Gasteiger partial charge < -0.3 is 5.11 Å². The van der Waals surface area contributed by atoms with E-state index in [0.29, 0.717) is 6.07 Å². The fraction of sp³-hybridized carbons (Fsp3) is 0.533.